The Morgan fingerprint density at radius 2 is 1.78 bits per heavy atom. The Balaban J connectivity index is 2.40. The molecule has 1 aliphatic rings. The lowest BCUT2D eigenvalue weighted by atomic mass is 9.84. The second-order valence-corrected chi connectivity index (χ2v) is 4.51. The van der Waals surface area contributed by atoms with E-state index in [0.29, 0.717) is 25.9 Å². The van der Waals surface area contributed by atoms with Crippen molar-refractivity contribution < 1.29 is 23.4 Å². The standard InChI is InChI=1S/C12H14F3NO2/c13-12(14,15)9-7-8(1-2-10(9)17)11(18)3-5-16-6-4-11/h1-2,7,16-18H,3-6H2. The molecule has 1 fully saturated rings. The first kappa shape index (κ1) is 13.2. The topological polar surface area (TPSA) is 52.5 Å². The number of rotatable bonds is 1. The minimum atomic E-state index is -4.62. The fourth-order valence-corrected chi connectivity index (χ4v) is 2.18. The summed E-state index contributed by atoms with van der Waals surface area (Å²) in [4.78, 5) is 0. The van der Waals surface area contributed by atoms with Gasteiger partial charge in [0.2, 0.25) is 0 Å². The highest BCUT2D eigenvalue weighted by atomic mass is 19.4. The molecule has 0 saturated carbocycles. The van der Waals surface area contributed by atoms with Crippen LogP contribution in [0.1, 0.15) is 24.0 Å². The van der Waals surface area contributed by atoms with Crippen molar-refractivity contribution in [3.63, 3.8) is 0 Å². The van der Waals surface area contributed by atoms with Crippen LogP contribution >= 0.6 is 0 Å². The molecule has 2 rings (SSSR count). The molecule has 18 heavy (non-hydrogen) atoms. The van der Waals surface area contributed by atoms with E-state index < -0.39 is 23.1 Å². The number of phenols is 1. The Morgan fingerprint density at radius 3 is 2.33 bits per heavy atom. The van der Waals surface area contributed by atoms with Gasteiger partial charge in [-0.15, -0.1) is 0 Å². The molecule has 1 aromatic carbocycles. The zero-order chi connectivity index (χ0) is 13.4. The van der Waals surface area contributed by atoms with E-state index in [1.165, 1.54) is 6.07 Å². The molecular weight excluding hydrogens is 247 g/mol. The number of halogens is 3. The first-order valence-electron chi connectivity index (χ1n) is 5.67. The molecule has 0 bridgehead atoms. The van der Waals surface area contributed by atoms with E-state index in [9.17, 15) is 23.4 Å². The van der Waals surface area contributed by atoms with Gasteiger partial charge in [-0.05, 0) is 43.6 Å². The highest BCUT2D eigenvalue weighted by Crippen LogP contribution is 2.39. The molecule has 3 N–H and O–H groups in total. The van der Waals surface area contributed by atoms with Gasteiger partial charge in [0.25, 0.3) is 0 Å². The Bertz CT molecular complexity index is 439. The minimum Gasteiger partial charge on any atom is -0.507 e. The van der Waals surface area contributed by atoms with Crippen molar-refractivity contribution in [2.75, 3.05) is 13.1 Å². The van der Waals surface area contributed by atoms with Gasteiger partial charge in [-0.2, -0.15) is 13.2 Å². The maximum absolute atomic E-state index is 12.7. The molecule has 0 atom stereocenters. The van der Waals surface area contributed by atoms with E-state index in [4.69, 9.17) is 0 Å². The molecule has 0 unspecified atom stereocenters. The Kier molecular flexibility index (Phi) is 3.25. The van der Waals surface area contributed by atoms with Gasteiger partial charge >= 0.3 is 6.18 Å². The summed E-state index contributed by atoms with van der Waals surface area (Å²) in [7, 11) is 0. The van der Waals surface area contributed by atoms with E-state index in [-0.39, 0.29) is 5.56 Å². The van der Waals surface area contributed by atoms with Crippen molar-refractivity contribution in [1.82, 2.24) is 5.32 Å². The summed E-state index contributed by atoms with van der Waals surface area (Å²) in [6.07, 6.45) is -3.91. The van der Waals surface area contributed by atoms with Crippen LogP contribution in [0.5, 0.6) is 5.75 Å². The number of piperidine rings is 1. The molecule has 0 spiro atoms. The van der Waals surface area contributed by atoms with Crippen LogP contribution in [-0.2, 0) is 11.8 Å². The Labute approximate surface area is 102 Å². The van der Waals surface area contributed by atoms with Crippen LogP contribution in [-0.4, -0.2) is 23.3 Å². The lowest BCUT2D eigenvalue weighted by Crippen LogP contribution is -2.39. The van der Waals surface area contributed by atoms with Crippen LogP contribution < -0.4 is 5.32 Å². The molecule has 0 aliphatic carbocycles. The van der Waals surface area contributed by atoms with Crippen LogP contribution in [0, 0.1) is 0 Å². The molecule has 1 aliphatic heterocycles. The highest BCUT2D eigenvalue weighted by molar-refractivity contribution is 5.40. The molecule has 0 amide bonds. The van der Waals surface area contributed by atoms with Crippen LogP contribution in [0.2, 0.25) is 0 Å². The lowest BCUT2D eigenvalue weighted by molar-refractivity contribution is -0.139. The van der Waals surface area contributed by atoms with Gasteiger partial charge in [0.15, 0.2) is 0 Å². The summed E-state index contributed by atoms with van der Waals surface area (Å²) in [5.74, 6) is -0.816. The van der Waals surface area contributed by atoms with E-state index in [1.807, 2.05) is 0 Å². The summed E-state index contributed by atoms with van der Waals surface area (Å²) >= 11 is 0. The van der Waals surface area contributed by atoms with Crippen LogP contribution in [0.3, 0.4) is 0 Å². The van der Waals surface area contributed by atoms with Gasteiger partial charge < -0.3 is 15.5 Å². The maximum atomic E-state index is 12.7. The number of hydrogen-bond donors (Lipinski definition) is 3. The maximum Gasteiger partial charge on any atom is 0.419 e. The van der Waals surface area contributed by atoms with E-state index in [2.05, 4.69) is 5.32 Å². The van der Waals surface area contributed by atoms with Crippen molar-refractivity contribution in [3.8, 4) is 5.75 Å². The summed E-state index contributed by atoms with van der Waals surface area (Å²) in [5, 5.41) is 22.6. The SMILES string of the molecule is Oc1ccc(C2(O)CCNCC2)cc1C(F)(F)F. The van der Waals surface area contributed by atoms with E-state index in [0.717, 1.165) is 12.1 Å². The molecule has 0 radical (unpaired) electrons. The highest BCUT2D eigenvalue weighted by Gasteiger charge is 2.37. The number of benzene rings is 1. The molecule has 6 heteroatoms. The van der Waals surface area contributed by atoms with E-state index >= 15 is 0 Å². The van der Waals surface area contributed by atoms with Crippen molar-refractivity contribution in [2.24, 2.45) is 0 Å². The van der Waals surface area contributed by atoms with Gasteiger partial charge in [-0.3, -0.25) is 0 Å². The normalized spacial score (nSPS) is 19.8. The first-order chi connectivity index (χ1) is 8.33. The fraction of sp³-hybridized carbons (Fsp3) is 0.500. The number of nitrogens with one attached hydrogen (secondary N) is 1. The van der Waals surface area contributed by atoms with Crippen LogP contribution in [0.4, 0.5) is 13.2 Å². The van der Waals surface area contributed by atoms with E-state index in [1.54, 1.807) is 0 Å². The second kappa shape index (κ2) is 4.44. The van der Waals surface area contributed by atoms with Gasteiger partial charge in [0.1, 0.15) is 5.75 Å². The quantitative estimate of drug-likeness (QED) is 0.724. The molecule has 100 valence electrons. The molecule has 3 nitrogen and oxygen atoms in total. The number of aromatic hydroxyl groups is 1. The predicted molar refractivity (Wildman–Crippen MR) is 59.1 cm³/mol. The summed E-state index contributed by atoms with van der Waals surface area (Å²) in [6, 6.07) is 3.16. The van der Waals surface area contributed by atoms with Gasteiger partial charge in [0.05, 0.1) is 11.2 Å². The Morgan fingerprint density at radius 1 is 1.17 bits per heavy atom. The number of aliphatic hydroxyl groups is 1. The average molecular weight is 261 g/mol. The molecule has 1 saturated heterocycles. The van der Waals surface area contributed by atoms with Crippen molar-refractivity contribution in [2.45, 2.75) is 24.6 Å². The Hall–Kier alpha value is -1.27. The summed E-state index contributed by atoms with van der Waals surface area (Å²) in [6.45, 7) is 1.11. The molecular formula is C12H14F3NO2. The van der Waals surface area contributed by atoms with Crippen molar-refractivity contribution in [3.05, 3.63) is 29.3 Å². The van der Waals surface area contributed by atoms with Crippen molar-refractivity contribution in [1.29, 1.82) is 0 Å². The van der Waals surface area contributed by atoms with Gasteiger partial charge in [-0.1, -0.05) is 6.07 Å². The predicted octanol–water partition coefficient (Wildman–Crippen LogP) is 1.98. The second-order valence-electron chi connectivity index (χ2n) is 4.51. The monoisotopic (exact) mass is 261 g/mol. The van der Waals surface area contributed by atoms with Gasteiger partial charge in [-0.25, -0.2) is 0 Å². The fourth-order valence-electron chi connectivity index (χ4n) is 2.18. The minimum absolute atomic E-state index is 0.203. The largest absolute Gasteiger partial charge is 0.507 e. The number of hydrogen-bond acceptors (Lipinski definition) is 3. The van der Waals surface area contributed by atoms with Crippen LogP contribution in [0.15, 0.2) is 18.2 Å². The number of alkyl halides is 3. The third-order valence-electron chi connectivity index (χ3n) is 3.27. The molecule has 1 aromatic rings. The zero-order valence-corrected chi connectivity index (χ0v) is 9.59. The third-order valence-corrected chi connectivity index (χ3v) is 3.27. The third kappa shape index (κ3) is 2.44. The smallest absolute Gasteiger partial charge is 0.419 e. The molecule has 0 aromatic heterocycles. The lowest BCUT2D eigenvalue weighted by Gasteiger charge is -2.33. The van der Waals surface area contributed by atoms with Gasteiger partial charge in [0, 0.05) is 0 Å². The van der Waals surface area contributed by atoms with Crippen molar-refractivity contribution >= 4 is 0 Å². The summed E-state index contributed by atoms with van der Waals surface area (Å²) in [5.41, 5.74) is -2.15. The first-order valence-corrected chi connectivity index (χ1v) is 5.67. The molecule has 1 heterocycles. The summed E-state index contributed by atoms with van der Waals surface area (Å²) < 4.78 is 38.0. The average Bonchev–Trinajstić information content (AvgIpc) is 2.28. The van der Waals surface area contributed by atoms with Crippen LogP contribution in [0.25, 0.3) is 0 Å². The zero-order valence-electron chi connectivity index (χ0n) is 9.59. The number of phenolic OH excluding ortho intramolecular Hbond substituents is 1.